The molecule has 0 N–H and O–H groups in total. The zero-order valence-electron chi connectivity index (χ0n) is 8.61. The number of halogens is 1. The topological polar surface area (TPSA) is 16.1 Å². The summed E-state index contributed by atoms with van der Waals surface area (Å²) >= 11 is 5.22. The van der Waals surface area contributed by atoms with Crippen LogP contribution in [0.4, 0.5) is 0 Å². The van der Waals surface area contributed by atoms with Crippen molar-refractivity contribution in [1.29, 1.82) is 0 Å². The average Bonchev–Trinajstić information content (AvgIpc) is 2.70. The molecule has 15 heavy (non-hydrogen) atoms. The van der Waals surface area contributed by atoms with Gasteiger partial charge in [0.1, 0.15) is 5.01 Å². The van der Waals surface area contributed by atoms with Crippen molar-refractivity contribution in [3.63, 3.8) is 0 Å². The van der Waals surface area contributed by atoms with Crippen LogP contribution in [0.15, 0.2) is 16.1 Å². The summed E-state index contributed by atoms with van der Waals surface area (Å²) < 4.78 is 1.13. The summed E-state index contributed by atoms with van der Waals surface area (Å²) in [5.41, 5.74) is 1.45. The summed E-state index contributed by atoms with van der Waals surface area (Å²) in [6.07, 6.45) is 8.15. The van der Waals surface area contributed by atoms with Crippen molar-refractivity contribution >= 4 is 32.8 Å². The third-order valence-corrected chi connectivity index (χ3v) is 5.05. The second kappa shape index (κ2) is 3.68. The van der Waals surface area contributed by atoms with Crippen LogP contribution in [0.25, 0.3) is 5.57 Å². The van der Waals surface area contributed by atoms with E-state index in [1.807, 2.05) is 6.20 Å². The van der Waals surface area contributed by atoms with Gasteiger partial charge in [0.05, 0.1) is 9.98 Å². The molecule has 1 fully saturated rings. The normalized spacial score (nSPS) is 30.7. The first-order valence-electron chi connectivity index (χ1n) is 5.28. The number of nitrogens with zero attached hydrogens (tertiary/aromatic N) is 2. The zero-order chi connectivity index (χ0) is 10.4. The standard InChI is InChI=1S/C11H13BrN2S/c1-14-8-2-3-9(14)5-7(4-8)11-13-6-10(12)15-11/h4,6,8-9H,2-3,5H2,1H3. The Morgan fingerprint density at radius 3 is 3.07 bits per heavy atom. The van der Waals surface area contributed by atoms with Crippen LogP contribution < -0.4 is 0 Å². The van der Waals surface area contributed by atoms with Crippen LogP contribution >= 0.6 is 27.3 Å². The molecule has 1 aromatic rings. The predicted octanol–water partition coefficient (Wildman–Crippen LogP) is 3.16. The summed E-state index contributed by atoms with van der Waals surface area (Å²) in [4.78, 5) is 6.95. The van der Waals surface area contributed by atoms with Gasteiger partial charge >= 0.3 is 0 Å². The van der Waals surface area contributed by atoms with Gasteiger partial charge < -0.3 is 0 Å². The molecule has 0 aliphatic carbocycles. The van der Waals surface area contributed by atoms with Crippen molar-refractivity contribution in [3.05, 3.63) is 21.1 Å². The van der Waals surface area contributed by atoms with Gasteiger partial charge in [-0.1, -0.05) is 6.08 Å². The minimum atomic E-state index is 0.654. The molecule has 0 saturated carbocycles. The Hall–Kier alpha value is -0.190. The van der Waals surface area contributed by atoms with Crippen molar-refractivity contribution in [2.24, 2.45) is 0 Å². The molecule has 4 heteroatoms. The molecule has 0 spiro atoms. The molecular formula is C11H13BrN2S. The van der Waals surface area contributed by atoms with Gasteiger partial charge in [-0.2, -0.15) is 0 Å². The van der Waals surface area contributed by atoms with Crippen molar-refractivity contribution in [2.45, 2.75) is 31.3 Å². The van der Waals surface area contributed by atoms with Crippen LogP contribution in [0, 0.1) is 0 Å². The maximum atomic E-state index is 4.45. The Kier molecular flexibility index (Phi) is 2.45. The Balaban J connectivity index is 1.93. The number of hydrogen-bond donors (Lipinski definition) is 0. The van der Waals surface area contributed by atoms with E-state index in [0.29, 0.717) is 6.04 Å². The molecule has 80 valence electrons. The molecule has 3 rings (SSSR count). The van der Waals surface area contributed by atoms with Gasteiger partial charge in [-0.15, -0.1) is 11.3 Å². The van der Waals surface area contributed by atoms with Gasteiger partial charge in [0.25, 0.3) is 0 Å². The summed E-state index contributed by atoms with van der Waals surface area (Å²) in [6, 6.07) is 1.40. The van der Waals surface area contributed by atoms with Crippen molar-refractivity contribution in [2.75, 3.05) is 7.05 Å². The number of fused-ring (bicyclic) bond motifs is 2. The first-order chi connectivity index (χ1) is 7.24. The van der Waals surface area contributed by atoms with Crippen molar-refractivity contribution in [3.8, 4) is 0 Å². The molecule has 2 aliphatic rings. The highest BCUT2D eigenvalue weighted by Crippen LogP contribution is 2.38. The lowest BCUT2D eigenvalue weighted by Gasteiger charge is -2.29. The van der Waals surface area contributed by atoms with E-state index in [0.717, 1.165) is 9.83 Å². The van der Waals surface area contributed by atoms with E-state index in [1.165, 1.54) is 29.8 Å². The Morgan fingerprint density at radius 2 is 2.40 bits per heavy atom. The quantitative estimate of drug-likeness (QED) is 0.788. The van der Waals surface area contributed by atoms with Crippen LogP contribution in [0.5, 0.6) is 0 Å². The van der Waals surface area contributed by atoms with Crippen LogP contribution in [0.3, 0.4) is 0 Å². The molecular weight excluding hydrogens is 272 g/mol. The fourth-order valence-electron chi connectivity index (χ4n) is 2.60. The summed E-state index contributed by atoms with van der Waals surface area (Å²) in [5.74, 6) is 0. The highest BCUT2D eigenvalue weighted by Gasteiger charge is 2.34. The number of hydrogen-bond acceptors (Lipinski definition) is 3. The molecule has 1 saturated heterocycles. The smallest absolute Gasteiger partial charge is 0.120 e. The molecule has 1 aromatic heterocycles. The van der Waals surface area contributed by atoms with Crippen molar-refractivity contribution < 1.29 is 0 Å². The molecule has 0 amide bonds. The van der Waals surface area contributed by atoms with E-state index in [2.05, 4.69) is 38.9 Å². The molecule has 0 aromatic carbocycles. The van der Waals surface area contributed by atoms with Crippen LogP contribution in [-0.4, -0.2) is 29.0 Å². The second-order valence-corrected chi connectivity index (χ2v) is 6.74. The summed E-state index contributed by atoms with van der Waals surface area (Å²) in [6.45, 7) is 0. The minimum Gasteiger partial charge on any atom is -0.297 e. The number of thiazole rings is 1. The van der Waals surface area contributed by atoms with Crippen molar-refractivity contribution in [1.82, 2.24) is 9.88 Å². The third-order valence-electron chi connectivity index (χ3n) is 3.50. The molecule has 2 bridgehead atoms. The van der Waals surface area contributed by atoms with E-state index in [1.54, 1.807) is 11.3 Å². The summed E-state index contributed by atoms with van der Waals surface area (Å²) in [7, 11) is 2.24. The zero-order valence-corrected chi connectivity index (χ0v) is 11.0. The average molecular weight is 285 g/mol. The second-order valence-electron chi connectivity index (χ2n) is 4.33. The molecule has 2 aliphatic heterocycles. The van der Waals surface area contributed by atoms with E-state index >= 15 is 0 Å². The van der Waals surface area contributed by atoms with Crippen LogP contribution in [-0.2, 0) is 0 Å². The van der Waals surface area contributed by atoms with Gasteiger partial charge in [0, 0.05) is 12.1 Å². The van der Waals surface area contributed by atoms with E-state index in [9.17, 15) is 0 Å². The number of aromatic nitrogens is 1. The van der Waals surface area contributed by atoms with Gasteiger partial charge in [-0.25, -0.2) is 4.98 Å². The molecule has 2 unspecified atom stereocenters. The van der Waals surface area contributed by atoms with E-state index in [-0.39, 0.29) is 0 Å². The maximum absolute atomic E-state index is 4.45. The lowest BCUT2D eigenvalue weighted by molar-refractivity contribution is 0.264. The molecule has 3 heterocycles. The Labute approximate surface area is 102 Å². The van der Waals surface area contributed by atoms with Crippen LogP contribution in [0.1, 0.15) is 24.3 Å². The van der Waals surface area contributed by atoms with E-state index in [4.69, 9.17) is 0 Å². The third kappa shape index (κ3) is 1.69. The highest BCUT2D eigenvalue weighted by atomic mass is 79.9. The van der Waals surface area contributed by atoms with Gasteiger partial charge in [0.2, 0.25) is 0 Å². The first-order valence-corrected chi connectivity index (χ1v) is 6.89. The summed E-state index contributed by atoms with van der Waals surface area (Å²) in [5, 5.41) is 1.20. The SMILES string of the molecule is CN1C2C=C(c3ncc(Br)s3)CC1CC2. The predicted molar refractivity (Wildman–Crippen MR) is 67.0 cm³/mol. The van der Waals surface area contributed by atoms with E-state index < -0.39 is 0 Å². The van der Waals surface area contributed by atoms with Gasteiger partial charge in [-0.3, -0.25) is 4.90 Å². The lowest BCUT2D eigenvalue weighted by Crippen LogP contribution is -2.34. The molecule has 2 atom stereocenters. The number of rotatable bonds is 1. The molecule has 0 radical (unpaired) electrons. The number of likely N-dealkylation sites (N-methyl/N-ethyl adjacent to an activating group) is 1. The van der Waals surface area contributed by atoms with Gasteiger partial charge in [0.15, 0.2) is 0 Å². The monoisotopic (exact) mass is 284 g/mol. The fraction of sp³-hybridized carbons (Fsp3) is 0.545. The fourth-order valence-corrected chi connectivity index (χ4v) is 3.84. The van der Waals surface area contributed by atoms with Gasteiger partial charge in [-0.05, 0) is 47.8 Å². The largest absolute Gasteiger partial charge is 0.297 e. The highest BCUT2D eigenvalue weighted by molar-refractivity contribution is 9.11. The van der Waals surface area contributed by atoms with Crippen LogP contribution in [0.2, 0.25) is 0 Å². The Bertz CT molecular complexity index is 412. The first kappa shape index (κ1) is 10.00. The molecule has 2 nitrogen and oxygen atoms in total. The lowest BCUT2D eigenvalue weighted by atomic mass is 10.0. The maximum Gasteiger partial charge on any atom is 0.120 e. The Morgan fingerprint density at radius 1 is 1.53 bits per heavy atom. The minimum absolute atomic E-state index is 0.654.